The zero-order valence-corrected chi connectivity index (χ0v) is 16.9. The first-order valence-corrected chi connectivity index (χ1v) is 9.81. The van der Waals surface area contributed by atoms with Crippen LogP contribution in [0.5, 0.6) is 0 Å². The number of aromatic nitrogens is 3. The minimum atomic E-state index is -0.798. The van der Waals surface area contributed by atoms with E-state index in [2.05, 4.69) is 20.4 Å². The predicted molar refractivity (Wildman–Crippen MR) is 104 cm³/mol. The van der Waals surface area contributed by atoms with Crippen molar-refractivity contribution in [1.82, 2.24) is 25.3 Å². The second-order valence-corrected chi connectivity index (χ2v) is 7.80. The Morgan fingerprint density at radius 2 is 2.14 bits per heavy atom. The van der Waals surface area contributed by atoms with Crippen LogP contribution in [-0.2, 0) is 11.3 Å². The van der Waals surface area contributed by atoms with Gasteiger partial charge in [-0.2, -0.15) is 0 Å². The number of carbonyl (C=O) groups excluding carboxylic acids is 2. The standard InChI is InChI=1S/C20H27N5O4/c1-12(2)18-21-8-6-16(22-18)19(27)23-15-5-4-13(10-17(15)26)20(28)25(3)11-14-7-9-29-24-14/h6-9,12-13,15,17,26H,4-5,10-11H2,1-3H3,(H,23,27)/t13-,15-,17-/m0/s1. The van der Waals surface area contributed by atoms with E-state index in [1.54, 1.807) is 30.3 Å². The van der Waals surface area contributed by atoms with Gasteiger partial charge >= 0.3 is 0 Å². The third-order valence-corrected chi connectivity index (χ3v) is 5.17. The normalized spacial score (nSPS) is 21.8. The lowest BCUT2D eigenvalue weighted by molar-refractivity contribution is -0.137. The Hall–Kier alpha value is -2.81. The van der Waals surface area contributed by atoms with Gasteiger partial charge in [-0.15, -0.1) is 0 Å². The molecule has 2 heterocycles. The lowest BCUT2D eigenvalue weighted by atomic mass is 9.83. The van der Waals surface area contributed by atoms with Crippen LogP contribution in [0.4, 0.5) is 0 Å². The molecule has 1 aliphatic carbocycles. The quantitative estimate of drug-likeness (QED) is 0.752. The summed E-state index contributed by atoms with van der Waals surface area (Å²) in [6, 6.07) is 2.86. The number of nitrogens with one attached hydrogen (secondary N) is 1. The molecule has 1 aliphatic rings. The fourth-order valence-electron chi connectivity index (χ4n) is 3.51. The van der Waals surface area contributed by atoms with Crippen LogP contribution in [0, 0.1) is 5.92 Å². The summed E-state index contributed by atoms with van der Waals surface area (Å²) in [6.07, 6.45) is 3.64. The highest BCUT2D eigenvalue weighted by Gasteiger charge is 2.35. The van der Waals surface area contributed by atoms with Crippen molar-refractivity contribution in [2.75, 3.05) is 7.05 Å². The second-order valence-electron chi connectivity index (χ2n) is 7.80. The van der Waals surface area contributed by atoms with Gasteiger partial charge < -0.3 is 19.8 Å². The third-order valence-electron chi connectivity index (χ3n) is 5.17. The van der Waals surface area contributed by atoms with Gasteiger partial charge in [0.2, 0.25) is 5.91 Å². The minimum Gasteiger partial charge on any atom is -0.391 e. The molecule has 0 spiro atoms. The molecule has 1 fully saturated rings. The summed E-state index contributed by atoms with van der Waals surface area (Å²) in [6.45, 7) is 4.27. The van der Waals surface area contributed by atoms with Crippen molar-refractivity contribution >= 4 is 11.8 Å². The zero-order chi connectivity index (χ0) is 21.0. The number of hydrogen-bond donors (Lipinski definition) is 2. The summed E-state index contributed by atoms with van der Waals surface area (Å²) in [5, 5.41) is 17.2. The van der Waals surface area contributed by atoms with E-state index in [1.165, 1.54) is 6.26 Å². The third kappa shape index (κ3) is 5.17. The molecule has 9 nitrogen and oxygen atoms in total. The molecular weight excluding hydrogens is 374 g/mol. The molecule has 0 bridgehead atoms. The van der Waals surface area contributed by atoms with Crippen LogP contribution in [0.1, 0.15) is 61.0 Å². The van der Waals surface area contributed by atoms with E-state index in [1.807, 2.05) is 13.8 Å². The molecule has 2 aromatic rings. The molecule has 1 saturated carbocycles. The summed E-state index contributed by atoms with van der Waals surface area (Å²) in [4.78, 5) is 35.2. The average molecular weight is 401 g/mol. The fraction of sp³-hybridized carbons (Fsp3) is 0.550. The minimum absolute atomic E-state index is 0.0470. The molecule has 3 atom stereocenters. The lowest BCUT2D eigenvalue weighted by Crippen LogP contribution is -2.49. The van der Waals surface area contributed by atoms with Crippen molar-refractivity contribution in [3.8, 4) is 0 Å². The fourth-order valence-corrected chi connectivity index (χ4v) is 3.51. The van der Waals surface area contributed by atoms with E-state index in [4.69, 9.17) is 4.52 Å². The molecule has 0 aliphatic heterocycles. The number of aliphatic hydroxyl groups is 1. The first-order valence-electron chi connectivity index (χ1n) is 9.81. The number of amides is 2. The molecule has 0 saturated heterocycles. The first-order chi connectivity index (χ1) is 13.8. The molecule has 0 aromatic carbocycles. The van der Waals surface area contributed by atoms with Crippen LogP contribution in [0.2, 0.25) is 0 Å². The zero-order valence-electron chi connectivity index (χ0n) is 16.9. The van der Waals surface area contributed by atoms with Crippen molar-refractivity contribution in [1.29, 1.82) is 0 Å². The largest absolute Gasteiger partial charge is 0.391 e. The molecule has 2 aromatic heterocycles. The molecule has 0 radical (unpaired) electrons. The Morgan fingerprint density at radius 1 is 1.34 bits per heavy atom. The topological polar surface area (TPSA) is 121 Å². The number of aliphatic hydroxyl groups excluding tert-OH is 1. The maximum absolute atomic E-state index is 12.7. The van der Waals surface area contributed by atoms with Crippen molar-refractivity contribution < 1.29 is 19.2 Å². The Balaban J connectivity index is 1.55. The van der Waals surface area contributed by atoms with Gasteiger partial charge in [0.1, 0.15) is 23.5 Å². The molecule has 0 unspecified atom stereocenters. The monoisotopic (exact) mass is 401 g/mol. The number of hydrogen-bond acceptors (Lipinski definition) is 7. The SMILES string of the molecule is CC(C)c1nccc(C(=O)N[C@H]2CC[C@H](C(=O)N(C)Cc3ccon3)C[C@@H]2O)n1. The summed E-state index contributed by atoms with van der Waals surface area (Å²) < 4.78 is 4.79. The van der Waals surface area contributed by atoms with E-state index in [0.29, 0.717) is 37.3 Å². The Labute approximate surface area is 169 Å². The van der Waals surface area contributed by atoms with Crippen LogP contribution in [0.25, 0.3) is 0 Å². The number of carbonyl (C=O) groups is 2. The molecule has 2 N–H and O–H groups in total. The highest BCUT2D eigenvalue weighted by Crippen LogP contribution is 2.27. The van der Waals surface area contributed by atoms with Gasteiger partial charge in [-0.05, 0) is 25.3 Å². The van der Waals surface area contributed by atoms with Crippen LogP contribution < -0.4 is 5.32 Å². The smallest absolute Gasteiger partial charge is 0.270 e. The van der Waals surface area contributed by atoms with Crippen LogP contribution >= 0.6 is 0 Å². The van der Waals surface area contributed by atoms with Gasteiger partial charge in [-0.1, -0.05) is 19.0 Å². The Bertz CT molecular complexity index is 839. The summed E-state index contributed by atoms with van der Waals surface area (Å²) in [7, 11) is 1.71. The van der Waals surface area contributed by atoms with E-state index in [9.17, 15) is 14.7 Å². The second kappa shape index (κ2) is 9.13. The molecule has 3 rings (SSSR count). The lowest BCUT2D eigenvalue weighted by Gasteiger charge is -2.34. The molecule has 29 heavy (non-hydrogen) atoms. The van der Waals surface area contributed by atoms with E-state index < -0.39 is 12.1 Å². The molecule has 2 amide bonds. The van der Waals surface area contributed by atoms with Crippen LogP contribution in [0.15, 0.2) is 29.1 Å². The van der Waals surface area contributed by atoms with Crippen molar-refractivity contribution in [2.24, 2.45) is 5.92 Å². The van der Waals surface area contributed by atoms with Gasteiger partial charge in [0, 0.05) is 31.1 Å². The maximum Gasteiger partial charge on any atom is 0.270 e. The maximum atomic E-state index is 12.7. The number of nitrogens with zero attached hydrogens (tertiary/aromatic N) is 4. The highest BCUT2D eigenvalue weighted by molar-refractivity contribution is 5.92. The van der Waals surface area contributed by atoms with Gasteiger partial charge in [0.25, 0.3) is 5.91 Å². The predicted octanol–water partition coefficient (Wildman–Crippen LogP) is 1.51. The molecular formula is C20H27N5O4. The molecule has 9 heteroatoms. The van der Waals surface area contributed by atoms with Gasteiger partial charge in [0.05, 0.1) is 18.7 Å². The summed E-state index contributed by atoms with van der Waals surface area (Å²) >= 11 is 0. The van der Waals surface area contributed by atoms with E-state index in [-0.39, 0.29) is 29.3 Å². The Morgan fingerprint density at radius 3 is 2.79 bits per heavy atom. The van der Waals surface area contributed by atoms with Gasteiger partial charge in [-0.25, -0.2) is 9.97 Å². The Kier molecular flexibility index (Phi) is 6.58. The van der Waals surface area contributed by atoms with Crippen molar-refractivity contribution in [3.63, 3.8) is 0 Å². The van der Waals surface area contributed by atoms with Crippen LogP contribution in [-0.4, -0.2) is 56.1 Å². The van der Waals surface area contributed by atoms with Crippen molar-refractivity contribution in [2.45, 2.75) is 57.7 Å². The average Bonchev–Trinajstić information content (AvgIpc) is 3.21. The van der Waals surface area contributed by atoms with Crippen molar-refractivity contribution in [3.05, 3.63) is 41.8 Å². The highest BCUT2D eigenvalue weighted by atomic mass is 16.5. The van der Waals surface area contributed by atoms with E-state index in [0.717, 1.165) is 0 Å². The van der Waals surface area contributed by atoms with Gasteiger partial charge in [0.15, 0.2) is 0 Å². The van der Waals surface area contributed by atoms with E-state index >= 15 is 0 Å². The summed E-state index contributed by atoms with van der Waals surface area (Å²) in [5.41, 5.74) is 0.953. The first kappa shape index (κ1) is 20.9. The summed E-state index contributed by atoms with van der Waals surface area (Å²) in [5.74, 6) is 0.0359. The van der Waals surface area contributed by atoms with Gasteiger partial charge in [-0.3, -0.25) is 9.59 Å². The molecule has 156 valence electrons. The van der Waals surface area contributed by atoms with Crippen LogP contribution in [0.3, 0.4) is 0 Å². The number of rotatable bonds is 6.